The highest BCUT2D eigenvalue weighted by Gasteiger charge is 2.23. The van der Waals surface area contributed by atoms with Crippen LogP contribution < -0.4 is 14.2 Å². The van der Waals surface area contributed by atoms with E-state index in [1.807, 2.05) is 42.5 Å². The van der Waals surface area contributed by atoms with Gasteiger partial charge in [0.15, 0.2) is 11.5 Å². The number of hydrogen-bond acceptors (Lipinski definition) is 4. The number of ketones is 1. The van der Waals surface area contributed by atoms with Crippen LogP contribution in [0.15, 0.2) is 60.7 Å². The van der Waals surface area contributed by atoms with Gasteiger partial charge in [0.25, 0.3) is 0 Å². The highest BCUT2D eigenvalue weighted by Crippen LogP contribution is 2.40. The van der Waals surface area contributed by atoms with Crippen LogP contribution in [0.3, 0.4) is 0 Å². The molecular weight excluding hydrogens is 402 g/mol. The lowest BCUT2D eigenvalue weighted by molar-refractivity contribution is 0.103. The van der Waals surface area contributed by atoms with Crippen molar-refractivity contribution < 1.29 is 19.0 Å². The van der Waals surface area contributed by atoms with E-state index in [1.165, 1.54) is 21.3 Å². The average molecular weight is 422 g/mol. The molecule has 6 heteroatoms. The summed E-state index contributed by atoms with van der Waals surface area (Å²) in [5.41, 5.74) is 3.43. The maximum atomic E-state index is 13.6. The maximum Gasteiger partial charge on any atom is 0.210 e. The van der Waals surface area contributed by atoms with E-state index in [4.69, 9.17) is 25.8 Å². The number of hydrogen-bond donors (Lipinski definition) is 1. The Morgan fingerprint density at radius 3 is 2.13 bits per heavy atom. The molecule has 0 atom stereocenters. The molecule has 4 rings (SSSR count). The third-order valence-corrected chi connectivity index (χ3v) is 5.21. The Balaban J connectivity index is 1.95. The molecule has 0 unspecified atom stereocenters. The van der Waals surface area contributed by atoms with Gasteiger partial charge in [-0.2, -0.15) is 0 Å². The minimum Gasteiger partial charge on any atom is -0.493 e. The van der Waals surface area contributed by atoms with E-state index < -0.39 is 0 Å². The number of carbonyl (C=O) groups excluding carboxylic acids is 1. The second-order valence-corrected chi connectivity index (χ2v) is 7.11. The fourth-order valence-electron chi connectivity index (χ4n) is 3.60. The van der Waals surface area contributed by atoms with Crippen molar-refractivity contribution >= 4 is 28.3 Å². The van der Waals surface area contributed by atoms with Crippen molar-refractivity contribution in [3.8, 4) is 28.4 Å². The molecule has 0 fully saturated rings. The van der Waals surface area contributed by atoms with E-state index in [2.05, 4.69) is 4.98 Å². The minimum atomic E-state index is -0.194. The summed E-state index contributed by atoms with van der Waals surface area (Å²) in [4.78, 5) is 16.9. The van der Waals surface area contributed by atoms with Gasteiger partial charge in [-0.15, -0.1) is 0 Å². The van der Waals surface area contributed by atoms with Gasteiger partial charge in [-0.05, 0) is 35.9 Å². The Hall–Kier alpha value is -3.44. The van der Waals surface area contributed by atoms with Crippen LogP contribution in [0.25, 0.3) is 22.0 Å². The highest BCUT2D eigenvalue weighted by molar-refractivity contribution is 6.31. The lowest BCUT2D eigenvalue weighted by Gasteiger charge is -2.14. The van der Waals surface area contributed by atoms with Crippen LogP contribution in [0, 0.1) is 0 Å². The number of fused-ring (bicyclic) bond motifs is 1. The molecule has 0 amide bonds. The molecule has 5 nitrogen and oxygen atoms in total. The van der Waals surface area contributed by atoms with Crippen LogP contribution in [0.1, 0.15) is 16.1 Å². The third kappa shape index (κ3) is 3.37. The van der Waals surface area contributed by atoms with Gasteiger partial charge in [0, 0.05) is 27.1 Å². The zero-order valence-corrected chi connectivity index (χ0v) is 17.5. The zero-order chi connectivity index (χ0) is 21.3. The van der Waals surface area contributed by atoms with Crippen LogP contribution in [-0.2, 0) is 0 Å². The standard InChI is InChI=1S/C24H20ClNO4/c1-28-19-11-15(12-20(29-2)24(19)30-3)23(27)22-21(14-7-5-4-6-8-14)17-13-16(25)9-10-18(17)26-22/h4-13,26H,1-3H3. The summed E-state index contributed by atoms with van der Waals surface area (Å²) in [6.07, 6.45) is 0. The van der Waals surface area contributed by atoms with Crippen LogP contribution in [0.5, 0.6) is 17.2 Å². The minimum absolute atomic E-state index is 0.194. The normalized spacial score (nSPS) is 10.8. The van der Waals surface area contributed by atoms with Crippen molar-refractivity contribution in [3.05, 3.63) is 76.9 Å². The van der Waals surface area contributed by atoms with Crippen LogP contribution in [0.2, 0.25) is 5.02 Å². The number of aromatic nitrogens is 1. The number of aromatic amines is 1. The van der Waals surface area contributed by atoms with Crippen molar-refractivity contribution in [2.24, 2.45) is 0 Å². The predicted octanol–water partition coefficient (Wildman–Crippen LogP) is 5.75. The average Bonchev–Trinajstić information content (AvgIpc) is 3.16. The van der Waals surface area contributed by atoms with E-state index >= 15 is 0 Å². The second kappa shape index (κ2) is 8.13. The molecule has 0 saturated heterocycles. The van der Waals surface area contributed by atoms with Crippen LogP contribution >= 0.6 is 11.6 Å². The number of halogens is 1. The molecule has 1 aromatic heterocycles. The number of methoxy groups -OCH3 is 3. The fraction of sp³-hybridized carbons (Fsp3) is 0.125. The van der Waals surface area contributed by atoms with Crippen LogP contribution in [0.4, 0.5) is 0 Å². The van der Waals surface area contributed by atoms with Gasteiger partial charge in [-0.3, -0.25) is 4.79 Å². The van der Waals surface area contributed by atoms with Gasteiger partial charge in [0.1, 0.15) is 0 Å². The molecule has 0 spiro atoms. The molecule has 152 valence electrons. The third-order valence-electron chi connectivity index (χ3n) is 4.98. The quantitative estimate of drug-likeness (QED) is 0.403. The van der Waals surface area contributed by atoms with Gasteiger partial charge in [-0.25, -0.2) is 0 Å². The van der Waals surface area contributed by atoms with Gasteiger partial charge in [-0.1, -0.05) is 41.9 Å². The topological polar surface area (TPSA) is 60.6 Å². The highest BCUT2D eigenvalue weighted by atomic mass is 35.5. The number of ether oxygens (including phenoxy) is 3. The Morgan fingerprint density at radius 2 is 1.53 bits per heavy atom. The molecule has 0 aliphatic rings. The molecular formula is C24H20ClNO4. The van der Waals surface area contributed by atoms with Crippen molar-refractivity contribution in [1.29, 1.82) is 0 Å². The second-order valence-electron chi connectivity index (χ2n) is 6.67. The van der Waals surface area contributed by atoms with Crippen molar-refractivity contribution in [1.82, 2.24) is 4.98 Å². The number of carbonyl (C=O) groups is 1. The van der Waals surface area contributed by atoms with Gasteiger partial charge < -0.3 is 19.2 Å². The lowest BCUT2D eigenvalue weighted by atomic mass is 9.97. The molecule has 3 aromatic carbocycles. The fourth-order valence-corrected chi connectivity index (χ4v) is 3.77. The summed E-state index contributed by atoms with van der Waals surface area (Å²) in [5.74, 6) is 1.07. The maximum absolute atomic E-state index is 13.6. The zero-order valence-electron chi connectivity index (χ0n) is 16.8. The SMILES string of the molecule is COc1cc(C(=O)c2[nH]c3ccc(Cl)cc3c2-c2ccccc2)cc(OC)c1OC. The number of rotatable bonds is 6. The molecule has 0 saturated carbocycles. The molecule has 4 aromatic rings. The number of H-pyrrole nitrogens is 1. The Labute approximate surface area is 179 Å². The molecule has 0 aliphatic carbocycles. The molecule has 0 bridgehead atoms. The summed E-state index contributed by atoms with van der Waals surface area (Å²) < 4.78 is 16.2. The van der Waals surface area contributed by atoms with E-state index in [0.717, 1.165) is 22.0 Å². The molecule has 30 heavy (non-hydrogen) atoms. The largest absolute Gasteiger partial charge is 0.493 e. The lowest BCUT2D eigenvalue weighted by Crippen LogP contribution is -2.06. The predicted molar refractivity (Wildman–Crippen MR) is 118 cm³/mol. The summed E-state index contributed by atoms with van der Waals surface area (Å²) in [6.45, 7) is 0. The first-order chi connectivity index (χ1) is 14.6. The van der Waals surface area contributed by atoms with E-state index in [9.17, 15) is 4.79 Å². The first kappa shape index (κ1) is 19.9. The summed E-state index contributed by atoms with van der Waals surface area (Å²) in [6, 6.07) is 18.6. The first-order valence-electron chi connectivity index (χ1n) is 9.28. The Bertz CT molecular complexity index is 1210. The van der Waals surface area contributed by atoms with Crippen LogP contribution in [-0.4, -0.2) is 32.1 Å². The summed E-state index contributed by atoms with van der Waals surface area (Å²) in [7, 11) is 4.56. The number of nitrogens with one attached hydrogen (secondary N) is 1. The van der Waals surface area contributed by atoms with E-state index in [-0.39, 0.29) is 5.78 Å². The van der Waals surface area contributed by atoms with E-state index in [0.29, 0.717) is 33.5 Å². The molecule has 1 heterocycles. The monoisotopic (exact) mass is 421 g/mol. The van der Waals surface area contributed by atoms with Gasteiger partial charge in [0.05, 0.1) is 27.0 Å². The molecule has 0 aliphatic heterocycles. The van der Waals surface area contributed by atoms with Crippen molar-refractivity contribution in [2.45, 2.75) is 0 Å². The summed E-state index contributed by atoms with van der Waals surface area (Å²) >= 11 is 6.25. The Morgan fingerprint density at radius 1 is 0.867 bits per heavy atom. The Kier molecular flexibility index (Phi) is 5.38. The molecule has 1 N–H and O–H groups in total. The van der Waals surface area contributed by atoms with E-state index in [1.54, 1.807) is 18.2 Å². The van der Waals surface area contributed by atoms with Crippen molar-refractivity contribution in [3.63, 3.8) is 0 Å². The van der Waals surface area contributed by atoms with Gasteiger partial charge >= 0.3 is 0 Å². The number of benzene rings is 3. The smallest absolute Gasteiger partial charge is 0.210 e. The summed E-state index contributed by atoms with van der Waals surface area (Å²) in [5, 5.41) is 1.48. The van der Waals surface area contributed by atoms with Gasteiger partial charge in [0.2, 0.25) is 11.5 Å². The molecule has 0 radical (unpaired) electrons. The first-order valence-corrected chi connectivity index (χ1v) is 9.66. The van der Waals surface area contributed by atoms with Crippen molar-refractivity contribution in [2.75, 3.05) is 21.3 Å².